The Labute approximate surface area is 159 Å². The number of nitrogens with zero attached hydrogens (tertiary/aromatic N) is 1. The fourth-order valence-electron chi connectivity index (χ4n) is 2.30. The third-order valence-corrected chi connectivity index (χ3v) is 5.32. The van der Waals surface area contributed by atoms with Gasteiger partial charge in [0, 0.05) is 28.1 Å². The van der Waals surface area contributed by atoms with Gasteiger partial charge in [-0.05, 0) is 24.3 Å². The first-order valence-corrected chi connectivity index (χ1v) is 9.02. The van der Waals surface area contributed by atoms with Crippen LogP contribution in [0.25, 0.3) is 16.2 Å². The number of carbonyl (C=O) groups is 2. The molecule has 2 heterocycles. The molecule has 0 bridgehead atoms. The fraction of sp³-hybridized carbons (Fsp3) is 0.158. The Balaban J connectivity index is 1.54. The molecule has 0 radical (unpaired) electrons. The zero-order chi connectivity index (χ0) is 18.5. The number of rotatable bonds is 6. The van der Waals surface area contributed by atoms with Crippen LogP contribution in [0.15, 0.2) is 53.2 Å². The van der Waals surface area contributed by atoms with Crippen molar-refractivity contribution >= 4 is 51.0 Å². The van der Waals surface area contributed by atoms with Crippen LogP contribution in [0.2, 0.25) is 5.02 Å². The Bertz CT molecular complexity index is 946. The number of fused-ring (bicyclic) bond motifs is 1. The third-order valence-electron chi connectivity index (χ3n) is 3.67. The summed E-state index contributed by atoms with van der Waals surface area (Å²) in [4.78, 5) is 26.0. The second-order valence-electron chi connectivity index (χ2n) is 5.55. The Morgan fingerprint density at radius 1 is 1.27 bits per heavy atom. The second-order valence-corrected chi connectivity index (χ2v) is 7.01. The molecule has 0 N–H and O–H groups in total. The minimum absolute atomic E-state index is 0.316. The van der Waals surface area contributed by atoms with E-state index in [1.165, 1.54) is 28.6 Å². The Morgan fingerprint density at radius 2 is 2.08 bits per heavy atom. The highest BCUT2D eigenvalue weighted by atomic mass is 35.5. The van der Waals surface area contributed by atoms with Gasteiger partial charge < -0.3 is 14.1 Å². The monoisotopic (exact) mass is 389 g/mol. The number of amides is 1. The second kappa shape index (κ2) is 8.21. The van der Waals surface area contributed by atoms with Crippen LogP contribution in [0.4, 0.5) is 0 Å². The zero-order valence-corrected chi connectivity index (χ0v) is 15.5. The number of hydrogen-bond donors (Lipinski definition) is 0. The van der Waals surface area contributed by atoms with Crippen LogP contribution >= 0.6 is 22.9 Å². The summed E-state index contributed by atoms with van der Waals surface area (Å²) in [6.45, 7) is -0.0167. The van der Waals surface area contributed by atoms with Crippen LogP contribution < -0.4 is 0 Å². The normalized spacial score (nSPS) is 11.2. The molecular weight excluding hydrogens is 374 g/mol. The predicted octanol–water partition coefficient (Wildman–Crippen LogP) is 4.36. The fourth-order valence-corrected chi connectivity index (χ4v) is 3.70. The van der Waals surface area contributed by atoms with Crippen LogP contribution in [0, 0.1) is 0 Å². The maximum atomic E-state index is 12.0. The molecule has 0 saturated heterocycles. The smallest absolute Gasteiger partial charge is 0.331 e. The van der Waals surface area contributed by atoms with Gasteiger partial charge in [-0.15, -0.1) is 11.3 Å². The molecule has 0 atom stereocenters. The molecule has 3 rings (SSSR count). The average molecular weight is 390 g/mol. The van der Waals surface area contributed by atoms with Gasteiger partial charge in [-0.1, -0.05) is 29.8 Å². The maximum absolute atomic E-state index is 12.0. The quantitative estimate of drug-likeness (QED) is 0.464. The molecule has 2 aromatic heterocycles. The van der Waals surface area contributed by atoms with Crippen molar-refractivity contribution < 1.29 is 18.7 Å². The number of hydrogen-bond acceptors (Lipinski definition) is 5. The first-order chi connectivity index (χ1) is 12.5. The van der Waals surface area contributed by atoms with Gasteiger partial charge in [0.05, 0.1) is 17.8 Å². The first-order valence-electron chi connectivity index (χ1n) is 7.83. The number of halogens is 1. The topological polar surface area (TPSA) is 59.8 Å². The van der Waals surface area contributed by atoms with E-state index < -0.39 is 5.97 Å². The Hall–Kier alpha value is -2.57. The van der Waals surface area contributed by atoms with Crippen LogP contribution in [0.1, 0.15) is 10.6 Å². The first kappa shape index (κ1) is 18.2. The molecule has 1 amide bonds. The van der Waals surface area contributed by atoms with Crippen molar-refractivity contribution in [1.82, 2.24) is 4.90 Å². The van der Waals surface area contributed by atoms with Crippen molar-refractivity contribution in [2.75, 3.05) is 13.7 Å². The molecule has 3 aromatic rings. The molecule has 0 aliphatic rings. The molecular formula is C19H16ClNO4S. The van der Waals surface area contributed by atoms with Crippen molar-refractivity contribution in [2.45, 2.75) is 6.54 Å². The molecule has 0 unspecified atom stereocenters. The number of esters is 1. The SMILES string of the molecule is CN(Cc1ccco1)C(=O)COC(=O)/C=C/c1sc2ccccc2c1Cl. The maximum Gasteiger partial charge on any atom is 0.331 e. The highest BCUT2D eigenvalue weighted by Crippen LogP contribution is 2.35. The minimum Gasteiger partial charge on any atom is -0.467 e. The van der Waals surface area contributed by atoms with Crippen molar-refractivity contribution in [1.29, 1.82) is 0 Å². The van der Waals surface area contributed by atoms with E-state index in [0.29, 0.717) is 17.3 Å². The van der Waals surface area contributed by atoms with Gasteiger partial charge in [0.25, 0.3) is 5.91 Å². The lowest BCUT2D eigenvalue weighted by atomic mass is 10.2. The van der Waals surface area contributed by atoms with Gasteiger partial charge in [0.1, 0.15) is 5.76 Å². The van der Waals surface area contributed by atoms with Crippen molar-refractivity contribution in [3.63, 3.8) is 0 Å². The summed E-state index contributed by atoms with van der Waals surface area (Å²) in [5, 5.41) is 1.55. The minimum atomic E-state index is -0.599. The summed E-state index contributed by atoms with van der Waals surface area (Å²) in [6.07, 6.45) is 4.42. The van der Waals surface area contributed by atoms with Gasteiger partial charge in [-0.25, -0.2) is 4.79 Å². The third kappa shape index (κ3) is 4.33. The van der Waals surface area contributed by atoms with Crippen molar-refractivity contribution in [3.8, 4) is 0 Å². The number of likely N-dealkylation sites (N-methyl/N-ethyl adjacent to an activating group) is 1. The van der Waals surface area contributed by atoms with E-state index in [2.05, 4.69) is 0 Å². The van der Waals surface area contributed by atoms with E-state index in [1.54, 1.807) is 25.3 Å². The van der Waals surface area contributed by atoms with Gasteiger partial charge in [-0.3, -0.25) is 4.79 Å². The van der Waals surface area contributed by atoms with Crippen molar-refractivity contribution in [2.24, 2.45) is 0 Å². The lowest BCUT2D eigenvalue weighted by Gasteiger charge is -2.15. The van der Waals surface area contributed by atoms with E-state index in [9.17, 15) is 9.59 Å². The standard InChI is InChI=1S/C19H16ClNO4S/c1-21(11-13-5-4-10-24-13)17(22)12-25-18(23)9-8-16-19(20)14-6-2-3-7-15(14)26-16/h2-10H,11-12H2,1H3/b9-8+. The van der Waals surface area contributed by atoms with E-state index in [1.807, 2.05) is 24.3 Å². The molecule has 134 valence electrons. The van der Waals surface area contributed by atoms with Crippen LogP contribution in [0.3, 0.4) is 0 Å². The van der Waals surface area contributed by atoms with Crippen LogP contribution in [-0.2, 0) is 20.9 Å². The molecule has 26 heavy (non-hydrogen) atoms. The lowest BCUT2D eigenvalue weighted by Crippen LogP contribution is -2.30. The van der Waals surface area contributed by atoms with E-state index >= 15 is 0 Å². The van der Waals surface area contributed by atoms with Gasteiger partial charge in [0.15, 0.2) is 6.61 Å². The molecule has 0 fully saturated rings. The molecule has 0 spiro atoms. The number of ether oxygens (including phenoxy) is 1. The van der Waals surface area contributed by atoms with Gasteiger partial charge >= 0.3 is 5.97 Å². The van der Waals surface area contributed by atoms with E-state index in [-0.39, 0.29) is 12.5 Å². The predicted molar refractivity (Wildman–Crippen MR) is 102 cm³/mol. The number of thiophene rings is 1. The molecule has 0 aliphatic heterocycles. The summed E-state index contributed by atoms with van der Waals surface area (Å²) < 4.78 is 11.2. The zero-order valence-electron chi connectivity index (χ0n) is 14.0. The van der Waals surface area contributed by atoms with Crippen LogP contribution in [0.5, 0.6) is 0 Å². The summed E-state index contributed by atoms with van der Waals surface area (Å²) in [7, 11) is 1.62. The highest BCUT2D eigenvalue weighted by Gasteiger charge is 2.13. The summed E-state index contributed by atoms with van der Waals surface area (Å²) in [5.41, 5.74) is 0. The Morgan fingerprint density at radius 3 is 2.81 bits per heavy atom. The molecule has 7 heteroatoms. The Kier molecular flexibility index (Phi) is 5.75. The summed E-state index contributed by atoms with van der Waals surface area (Å²) in [5.74, 6) is -0.257. The summed E-state index contributed by atoms with van der Waals surface area (Å²) >= 11 is 7.80. The van der Waals surface area contributed by atoms with Gasteiger partial charge in [-0.2, -0.15) is 0 Å². The van der Waals surface area contributed by atoms with E-state index in [4.69, 9.17) is 20.8 Å². The summed E-state index contributed by atoms with van der Waals surface area (Å²) in [6, 6.07) is 11.3. The average Bonchev–Trinajstić information content (AvgIpc) is 3.26. The highest BCUT2D eigenvalue weighted by molar-refractivity contribution is 7.20. The molecule has 1 aromatic carbocycles. The molecule has 5 nitrogen and oxygen atoms in total. The number of benzene rings is 1. The number of carbonyl (C=O) groups excluding carboxylic acids is 2. The largest absolute Gasteiger partial charge is 0.467 e. The van der Waals surface area contributed by atoms with Gasteiger partial charge in [0.2, 0.25) is 0 Å². The van der Waals surface area contributed by atoms with E-state index in [0.717, 1.165) is 15.0 Å². The number of furan rings is 1. The van der Waals surface area contributed by atoms with Crippen molar-refractivity contribution in [3.05, 3.63) is 64.4 Å². The van der Waals surface area contributed by atoms with Crippen LogP contribution in [-0.4, -0.2) is 30.4 Å². The lowest BCUT2D eigenvalue weighted by molar-refractivity contribution is -0.147. The molecule has 0 aliphatic carbocycles. The molecule has 0 saturated carbocycles.